The normalized spacial score (nSPS) is 29.9. The summed E-state index contributed by atoms with van der Waals surface area (Å²) < 4.78 is 0. The Morgan fingerprint density at radius 3 is 2.75 bits per heavy atom. The highest BCUT2D eigenvalue weighted by molar-refractivity contribution is 8.01. The Hall–Kier alpha value is 0.170. The zero-order chi connectivity index (χ0) is 12.2. The van der Waals surface area contributed by atoms with Crippen molar-refractivity contribution in [3.63, 3.8) is 0 Å². The van der Waals surface area contributed by atoms with Crippen LogP contribution in [0.25, 0.3) is 0 Å². The van der Waals surface area contributed by atoms with Crippen LogP contribution < -0.4 is 5.32 Å². The molecule has 3 atom stereocenters. The number of rotatable bonds is 6. The fourth-order valence-corrected chi connectivity index (χ4v) is 4.10. The van der Waals surface area contributed by atoms with Crippen molar-refractivity contribution < 1.29 is 9.90 Å². The van der Waals surface area contributed by atoms with Crippen LogP contribution in [0.1, 0.15) is 26.7 Å². The maximum atomic E-state index is 10.6. The quantitative estimate of drug-likeness (QED) is 0.710. The molecule has 4 nitrogen and oxygen atoms in total. The molecular weight excluding hydrogens is 243 g/mol. The number of carboxylic acid groups (broad SMARTS) is 1. The molecule has 1 aliphatic heterocycles. The van der Waals surface area contributed by atoms with E-state index in [2.05, 4.69) is 33.3 Å². The lowest BCUT2D eigenvalue weighted by Gasteiger charge is -2.39. The van der Waals surface area contributed by atoms with Crippen LogP contribution in [0.5, 0.6) is 0 Å². The highest BCUT2D eigenvalue weighted by atomic mass is 32.2. The van der Waals surface area contributed by atoms with Crippen LogP contribution in [0.4, 0.5) is 0 Å². The number of nitrogens with zero attached hydrogens (tertiary/aromatic N) is 1. The molecule has 3 unspecified atom stereocenters. The van der Waals surface area contributed by atoms with Gasteiger partial charge in [-0.1, -0.05) is 13.8 Å². The molecule has 94 valence electrons. The van der Waals surface area contributed by atoms with E-state index in [1.54, 1.807) is 0 Å². The van der Waals surface area contributed by atoms with E-state index in [1.807, 2.05) is 11.8 Å². The second-order valence-corrected chi connectivity index (χ2v) is 6.03. The van der Waals surface area contributed by atoms with E-state index in [0.717, 1.165) is 18.7 Å². The average Bonchev–Trinajstić information content (AvgIpc) is 2.62. The van der Waals surface area contributed by atoms with Gasteiger partial charge in [0.05, 0.1) is 6.42 Å². The second kappa shape index (κ2) is 6.20. The van der Waals surface area contributed by atoms with E-state index < -0.39 is 5.97 Å². The van der Waals surface area contributed by atoms with E-state index in [0.29, 0.717) is 12.3 Å². The molecule has 0 radical (unpaired) electrons. The maximum Gasteiger partial charge on any atom is 0.304 e. The Morgan fingerprint density at radius 1 is 1.69 bits per heavy atom. The predicted molar refractivity (Wildman–Crippen MR) is 71.6 cm³/mol. The minimum atomic E-state index is -0.727. The molecule has 0 aromatic carbocycles. The summed E-state index contributed by atoms with van der Waals surface area (Å²) in [5, 5.41) is 12.3. The van der Waals surface area contributed by atoms with Gasteiger partial charge in [0.1, 0.15) is 4.99 Å². The Morgan fingerprint density at radius 2 is 2.38 bits per heavy atom. The number of aliphatic carboxylic acids is 1. The summed E-state index contributed by atoms with van der Waals surface area (Å²) in [4.78, 5) is 12.8. The van der Waals surface area contributed by atoms with Crippen molar-refractivity contribution in [3.8, 4) is 0 Å². The molecule has 0 aromatic heterocycles. The molecule has 0 aromatic rings. The van der Waals surface area contributed by atoms with E-state index in [-0.39, 0.29) is 11.4 Å². The lowest BCUT2D eigenvalue weighted by molar-refractivity contribution is -0.137. The molecule has 6 heteroatoms. The third kappa shape index (κ3) is 3.33. The third-order valence-corrected chi connectivity index (χ3v) is 5.29. The summed E-state index contributed by atoms with van der Waals surface area (Å²) in [6, 6.07) is 0. The first-order chi connectivity index (χ1) is 7.54. The smallest absolute Gasteiger partial charge is 0.304 e. The van der Waals surface area contributed by atoms with Crippen LogP contribution >= 0.6 is 21.0 Å². The van der Waals surface area contributed by atoms with Gasteiger partial charge in [-0.2, -0.15) is 0 Å². The monoisotopic (exact) mass is 264 g/mol. The van der Waals surface area contributed by atoms with Crippen LogP contribution in [0.15, 0.2) is 0 Å². The molecule has 1 fully saturated rings. The van der Waals surface area contributed by atoms with Gasteiger partial charge >= 0.3 is 5.97 Å². The first-order valence-electron chi connectivity index (χ1n) is 5.68. The summed E-state index contributed by atoms with van der Waals surface area (Å²) in [6.07, 6.45) is 1.19. The van der Waals surface area contributed by atoms with Crippen molar-refractivity contribution >= 4 is 27.0 Å². The fourth-order valence-electron chi connectivity index (χ4n) is 2.04. The van der Waals surface area contributed by atoms with Crippen molar-refractivity contribution in [3.05, 3.63) is 0 Å². The lowest BCUT2D eigenvalue weighted by atomic mass is 10.2. The summed E-state index contributed by atoms with van der Waals surface area (Å²) in [7, 11) is 2.79. The molecule has 0 spiro atoms. The Balaban J connectivity index is 2.64. The molecule has 16 heavy (non-hydrogen) atoms. The molecule has 0 amide bonds. The van der Waals surface area contributed by atoms with Crippen LogP contribution in [0.3, 0.4) is 0 Å². The van der Waals surface area contributed by atoms with Crippen LogP contribution in [-0.2, 0) is 4.79 Å². The zero-order valence-corrected chi connectivity index (χ0v) is 11.9. The van der Waals surface area contributed by atoms with Gasteiger partial charge in [-0.15, -0.1) is 21.0 Å². The highest BCUT2D eigenvalue weighted by Gasteiger charge is 2.40. The Bertz CT molecular complexity index is 255. The summed E-state index contributed by atoms with van der Waals surface area (Å²) in [6.45, 7) is 5.71. The summed E-state index contributed by atoms with van der Waals surface area (Å²) >= 11 is 1.88. The van der Waals surface area contributed by atoms with Crippen molar-refractivity contribution in [2.75, 3.05) is 18.8 Å². The molecule has 2 N–H and O–H groups in total. The Labute approximate surface area is 104 Å². The van der Waals surface area contributed by atoms with Gasteiger partial charge in [0.2, 0.25) is 0 Å². The van der Waals surface area contributed by atoms with Gasteiger partial charge in [0, 0.05) is 18.1 Å². The molecule has 0 aliphatic carbocycles. The number of nitrogens with one attached hydrogen (secondary N) is 1. The first-order valence-corrected chi connectivity index (χ1v) is 7.33. The van der Waals surface area contributed by atoms with Gasteiger partial charge in [-0.25, -0.2) is 0 Å². The molecule has 1 saturated heterocycles. The van der Waals surface area contributed by atoms with E-state index in [1.165, 1.54) is 0 Å². The molecule has 1 aliphatic rings. The Kier molecular flexibility index (Phi) is 5.51. The number of carboxylic acids is 1. The van der Waals surface area contributed by atoms with E-state index >= 15 is 0 Å². The molecule has 1 rings (SSSR count). The molecule has 1 heterocycles. The fraction of sp³-hybridized carbons (Fsp3) is 0.900. The van der Waals surface area contributed by atoms with Crippen molar-refractivity contribution in [1.29, 1.82) is 0 Å². The van der Waals surface area contributed by atoms with Crippen molar-refractivity contribution in [2.24, 2.45) is 0 Å². The van der Waals surface area contributed by atoms with Gasteiger partial charge in [0.15, 0.2) is 0 Å². The van der Waals surface area contributed by atoms with Crippen LogP contribution in [0.2, 0.25) is 0 Å². The van der Waals surface area contributed by atoms with Crippen molar-refractivity contribution in [2.45, 2.75) is 37.5 Å². The van der Waals surface area contributed by atoms with Gasteiger partial charge < -0.3 is 5.11 Å². The average molecular weight is 264 g/mol. The highest BCUT2D eigenvalue weighted by Crippen LogP contribution is 2.38. The predicted octanol–water partition coefficient (Wildman–Crippen LogP) is 1.38. The number of carbonyl (C=O) groups is 1. The van der Waals surface area contributed by atoms with Gasteiger partial charge in [-0.3, -0.25) is 15.0 Å². The topological polar surface area (TPSA) is 52.6 Å². The summed E-state index contributed by atoms with van der Waals surface area (Å²) in [5.74, 6) is 0.751. The number of hydrogen-bond donors (Lipinski definition) is 2. The zero-order valence-electron chi connectivity index (χ0n) is 9.90. The molecule has 0 bridgehead atoms. The minimum absolute atomic E-state index is 0.0728. The van der Waals surface area contributed by atoms with Crippen LogP contribution in [-0.4, -0.2) is 45.6 Å². The maximum absolute atomic E-state index is 10.6. The van der Waals surface area contributed by atoms with Crippen LogP contribution in [0, 0.1) is 0 Å². The largest absolute Gasteiger partial charge is 0.481 e. The number of thioether (sulfide) groups is 1. The second-order valence-electron chi connectivity index (χ2n) is 3.92. The van der Waals surface area contributed by atoms with Crippen molar-refractivity contribution in [1.82, 2.24) is 10.2 Å². The summed E-state index contributed by atoms with van der Waals surface area (Å²) in [5.41, 5.74) is 0. The standard InChI is InChI=1S/C10H21N2O2PS/c1-3-10(11-8(15)7-16-10)12(4-2)6-5-9(13)14/h8,11H,3-7,15H2,1-2H3,(H,13,14). The molecular formula is C10H21N2O2PS. The van der Waals surface area contributed by atoms with E-state index in [4.69, 9.17) is 5.11 Å². The van der Waals surface area contributed by atoms with Gasteiger partial charge in [0.25, 0.3) is 0 Å². The molecule has 0 saturated carbocycles. The minimum Gasteiger partial charge on any atom is -0.481 e. The van der Waals surface area contributed by atoms with E-state index in [9.17, 15) is 4.79 Å². The first kappa shape index (κ1) is 14.2. The van der Waals surface area contributed by atoms with Gasteiger partial charge in [-0.05, 0) is 13.0 Å². The lowest BCUT2D eigenvalue weighted by Crippen LogP contribution is -2.54. The SMILES string of the molecule is CCN(CCC(=O)O)C1(CC)NC(P)CS1. The third-order valence-electron chi connectivity index (χ3n) is 2.88. The number of hydrogen-bond acceptors (Lipinski definition) is 4.